The zero-order valence-corrected chi connectivity index (χ0v) is 12.5. The number of carboxylic acid groups (broad SMARTS) is 1. The van der Waals surface area contributed by atoms with Crippen LogP contribution < -0.4 is 0 Å². The lowest BCUT2D eigenvalue weighted by molar-refractivity contribution is -0.142. The molecule has 1 heterocycles. The van der Waals surface area contributed by atoms with Crippen LogP contribution in [0, 0.1) is 11.7 Å². The Morgan fingerprint density at radius 3 is 2.57 bits per heavy atom. The molecule has 1 atom stereocenters. The highest BCUT2D eigenvalue weighted by molar-refractivity contribution is 7.89. The van der Waals surface area contributed by atoms with Crippen LogP contribution in [0.5, 0.6) is 0 Å². The fraction of sp³-hybridized carbons (Fsp3) is 0.357. The van der Waals surface area contributed by atoms with Crippen LogP contribution in [0.1, 0.15) is 19.4 Å². The lowest BCUT2D eigenvalue weighted by Crippen LogP contribution is -2.50. The zero-order valence-electron chi connectivity index (χ0n) is 11.7. The fourth-order valence-electron chi connectivity index (χ4n) is 2.48. The lowest BCUT2D eigenvalue weighted by Gasteiger charge is -2.35. The third kappa shape index (κ3) is 2.58. The Morgan fingerprint density at radius 2 is 2.05 bits per heavy atom. The molecule has 1 N–H and O–H groups in total. The van der Waals surface area contributed by atoms with Gasteiger partial charge in [-0.05, 0) is 29.7 Å². The van der Waals surface area contributed by atoms with E-state index in [2.05, 4.69) is 6.58 Å². The minimum absolute atomic E-state index is 0.105. The van der Waals surface area contributed by atoms with E-state index < -0.39 is 33.8 Å². The Morgan fingerprint density at radius 1 is 1.43 bits per heavy atom. The Labute approximate surface area is 122 Å². The van der Waals surface area contributed by atoms with Crippen molar-refractivity contribution in [3.63, 3.8) is 0 Å². The number of nitrogens with zero attached hydrogens (tertiary/aromatic N) is 1. The van der Waals surface area contributed by atoms with Crippen molar-refractivity contribution in [3.05, 3.63) is 36.2 Å². The second-order valence-electron chi connectivity index (χ2n) is 5.32. The Balaban J connectivity index is 2.62. The topological polar surface area (TPSA) is 74.7 Å². The highest BCUT2D eigenvalue weighted by Crippen LogP contribution is 2.35. The molecule has 0 radical (unpaired) electrons. The summed E-state index contributed by atoms with van der Waals surface area (Å²) in [6.07, 6.45) is 0. The number of hydrogen-bond acceptors (Lipinski definition) is 3. The van der Waals surface area contributed by atoms with Gasteiger partial charge in [-0.2, -0.15) is 4.31 Å². The molecule has 21 heavy (non-hydrogen) atoms. The number of aliphatic carboxylic acids is 1. The van der Waals surface area contributed by atoms with Crippen LogP contribution in [0.3, 0.4) is 0 Å². The number of benzene rings is 1. The van der Waals surface area contributed by atoms with Crippen molar-refractivity contribution in [2.75, 3.05) is 6.54 Å². The maximum absolute atomic E-state index is 13.3. The molecular weight excluding hydrogens is 297 g/mol. The number of hydrogen-bond donors (Lipinski definition) is 1. The maximum Gasteiger partial charge on any atom is 0.322 e. The predicted molar refractivity (Wildman–Crippen MR) is 75.6 cm³/mol. The molecule has 0 aliphatic carbocycles. The van der Waals surface area contributed by atoms with E-state index in [9.17, 15) is 22.7 Å². The molecule has 0 saturated carbocycles. The van der Waals surface area contributed by atoms with E-state index in [1.165, 1.54) is 0 Å². The van der Waals surface area contributed by atoms with E-state index in [4.69, 9.17) is 0 Å². The average Bonchev–Trinajstić information content (AvgIpc) is 2.35. The molecule has 0 fully saturated rings. The number of carbonyl (C=O) groups is 1. The standard InChI is InChI=1S/C14H16FNO4S/c1-8(2)13(14(17)18)16-7-9(3)11-6-10(15)4-5-12(11)21(16,19)20/h4-6,8,13H,3,7H2,1-2H3,(H,17,18)/t13-/m0/s1. The highest BCUT2D eigenvalue weighted by atomic mass is 32.2. The summed E-state index contributed by atoms with van der Waals surface area (Å²) < 4.78 is 39.4. The lowest BCUT2D eigenvalue weighted by atomic mass is 10.0. The number of halogens is 1. The molecule has 0 unspecified atom stereocenters. The van der Waals surface area contributed by atoms with E-state index >= 15 is 0 Å². The summed E-state index contributed by atoms with van der Waals surface area (Å²) in [6.45, 7) is 6.86. The van der Waals surface area contributed by atoms with Crippen LogP contribution in [0.15, 0.2) is 29.7 Å². The highest BCUT2D eigenvalue weighted by Gasteiger charge is 2.42. The first-order chi connectivity index (χ1) is 9.66. The Hall–Kier alpha value is -1.73. The molecule has 114 valence electrons. The van der Waals surface area contributed by atoms with Crippen molar-refractivity contribution < 1.29 is 22.7 Å². The first-order valence-corrected chi connectivity index (χ1v) is 7.82. The van der Waals surface area contributed by atoms with Crippen LogP contribution in [-0.4, -0.2) is 36.4 Å². The Bertz CT molecular complexity index is 712. The molecular formula is C14H16FNO4S. The van der Waals surface area contributed by atoms with Gasteiger partial charge < -0.3 is 5.11 Å². The third-order valence-electron chi connectivity index (χ3n) is 3.45. The minimum atomic E-state index is -4.00. The van der Waals surface area contributed by atoms with Crippen LogP contribution in [0.2, 0.25) is 0 Å². The molecule has 0 spiro atoms. The fourth-order valence-corrected chi connectivity index (χ4v) is 4.41. The summed E-state index contributed by atoms with van der Waals surface area (Å²) in [5.74, 6) is -2.18. The van der Waals surface area contributed by atoms with Crippen LogP contribution in [0.4, 0.5) is 4.39 Å². The van der Waals surface area contributed by atoms with Gasteiger partial charge in [0.2, 0.25) is 10.0 Å². The monoisotopic (exact) mass is 313 g/mol. The van der Waals surface area contributed by atoms with Gasteiger partial charge in [0.05, 0.1) is 4.90 Å². The summed E-state index contributed by atoms with van der Waals surface area (Å²) in [6, 6.07) is 2.11. The van der Waals surface area contributed by atoms with Gasteiger partial charge in [-0.3, -0.25) is 4.79 Å². The van der Waals surface area contributed by atoms with Gasteiger partial charge in [-0.25, -0.2) is 12.8 Å². The first-order valence-electron chi connectivity index (χ1n) is 6.38. The van der Waals surface area contributed by atoms with Gasteiger partial charge in [-0.15, -0.1) is 0 Å². The second-order valence-corrected chi connectivity index (χ2v) is 7.18. The zero-order chi connectivity index (χ0) is 15.9. The predicted octanol–water partition coefficient (Wildman–Crippen LogP) is 1.95. The summed E-state index contributed by atoms with van der Waals surface area (Å²) in [4.78, 5) is 11.3. The average molecular weight is 313 g/mol. The number of rotatable bonds is 3. The number of fused-ring (bicyclic) bond motifs is 1. The minimum Gasteiger partial charge on any atom is -0.480 e. The number of carboxylic acids is 1. The van der Waals surface area contributed by atoms with Crippen molar-refractivity contribution in [1.29, 1.82) is 0 Å². The third-order valence-corrected chi connectivity index (χ3v) is 5.34. The summed E-state index contributed by atoms with van der Waals surface area (Å²) in [5.41, 5.74) is 0.588. The van der Waals surface area contributed by atoms with Gasteiger partial charge in [0.25, 0.3) is 0 Å². The van der Waals surface area contributed by atoms with Crippen LogP contribution in [-0.2, 0) is 14.8 Å². The van der Waals surface area contributed by atoms with Crippen molar-refractivity contribution in [1.82, 2.24) is 4.31 Å². The molecule has 2 rings (SSSR count). The molecule has 7 heteroatoms. The maximum atomic E-state index is 13.3. The van der Waals surface area contributed by atoms with E-state index in [0.29, 0.717) is 5.57 Å². The molecule has 1 aromatic rings. The second kappa shape index (κ2) is 5.23. The van der Waals surface area contributed by atoms with Gasteiger partial charge in [0.15, 0.2) is 0 Å². The molecule has 0 bridgehead atoms. The first kappa shape index (κ1) is 15.7. The molecule has 5 nitrogen and oxygen atoms in total. The van der Waals surface area contributed by atoms with Gasteiger partial charge in [0, 0.05) is 12.1 Å². The van der Waals surface area contributed by atoms with Crippen molar-refractivity contribution in [2.24, 2.45) is 5.92 Å². The van der Waals surface area contributed by atoms with Gasteiger partial charge >= 0.3 is 5.97 Å². The van der Waals surface area contributed by atoms with Crippen LogP contribution in [0.25, 0.3) is 5.57 Å². The number of sulfonamides is 1. The van der Waals surface area contributed by atoms with E-state index in [1.807, 2.05) is 0 Å². The van der Waals surface area contributed by atoms with Gasteiger partial charge in [-0.1, -0.05) is 20.4 Å². The molecule has 0 aromatic heterocycles. The van der Waals surface area contributed by atoms with Crippen molar-refractivity contribution in [2.45, 2.75) is 24.8 Å². The van der Waals surface area contributed by atoms with Gasteiger partial charge in [0.1, 0.15) is 11.9 Å². The summed E-state index contributed by atoms with van der Waals surface area (Å²) in [7, 11) is -4.00. The molecule has 0 amide bonds. The van der Waals surface area contributed by atoms with E-state index in [0.717, 1.165) is 22.5 Å². The van der Waals surface area contributed by atoms with E-state index in [-0.39, 0.29) is 17.0 Å². The van der Waals surface area contributed by atoms with E-state index in [1.54, 1.807) is 13.8 Å². The van der Waals surface area contributed by atoms with Crippen molar-refractivity contribution >= 4 is 21.6 Å². The van der Waals surface area contributed by atoms with Crippen LogP contribution >= 0.6 is 0 Å². The smallest absolute Gasteiger partial charge is 0.322 e. The Kier molecular flexibility index (Phi) is 3.90. The molecule has 1 aliphatic rings. The quantitative estimate of drug-likeness (QED) is 0.925. The normalized spacial score (nSPS) is 19.3. The van der Waals surface area contributed by atoms with Crippen molar-refractivity contribution in [3.8, 4) is 0 Å². The molecule has 0 saturated heterocycles. The summed E-state index contributed by atoms with van der Waals surface area (Å²) >= 11 is 0. The largest absolute Gasteiger partial charge is 0.480 e. The SMILES string of the molecule is C=C1CN([C@H](C(=O)O)C(C)C)S(=O)(=O)c2ccc(F)cc21. The summed E-state index contributed by atoms with van der Waals surface area (Å²) in [5, 5.41) is 9.31. The molecule has 1 aliphatic heterocycles. The molecule has 1 aromatic carbocycles.